The molecule has 1 amide bonds. The topological polar surface area (TPSA) is 79.6 Å². The van der Waals surface area contributed by atoms with Crippen LogP contribution in [0, 0.1) is 6.92 Å². The lowest BCUT2D eigenvalue weighted by molar-refractivity contribution is -0.143. The number of nitrogens with zero attached hydrogens (tertiary/aromatic N) is 2. The molecule has 1 aromatic rings. The zero-order chi connectivity index (χ0) is 13.0. The van der Waals surface area contributed by atoms with E-state index in [1.807, 2.05) is 0 Å². The quantitative estimate of drug-likeness (QED) is 0.815. The monoisotopic (exact) mass is 258 g/mol. The third-order valence-corrected chi connectivity index (χ3v) is 3.20. The van der Waals surface area contributed by atoms with Crippen molar-refractivity contribution < 1.29 is 14.7 Å². The summed E-state index contributed by atoms with van der Waals surface area (Å²) in [7, 11) is 1.43. The molecular weight excluding hydrogens is 244 g/mol. The van der Waals surface area contributed by atoms with Gasteiger partial charge in [-0.15, -0.1) is 0 Å². The van der Waals surface area contributed by atoms with Crippen molar-refractivity contribution in [3.8, 4) is 0 Å². The molecule has 0 saturated heterocycles. The third kappa shape index (κ3) is 3.70. The highest BCUT2D eigenvalue weighted by atomic mass is 32.1. The van der Waals surface area contributed by atoms with Crippen LogP contribution in [0.25, 0.3) is 0 Å². The average molecular weight is 258 g/mol. The zero-order valence-corrected chi connectivity index (χ0v) is 10.5. The van der Waals surface area contributed by atoms with E-state index in [9.17, 15) is 14.4 Å². The standard InChI is InChI=1S/C10H14N2O4S/c1-7-6-17-10(16)12(7)4-3-8(13)11(2)5-9(14)15/h6H,3-5H2,1-2H3,(H,14,15). The normalized spacial score (nSPS) is 10.2. The molecule has 0 aliphatic heterocycles. The highest BCUT2D eigenvalue weighted by Crippen LogP contribution is 2.02. The molecule has 0 aliphatic rings. The molecule has 0 spiro atoms. The molecule has 0 unspecified atom stereocenters. The van der Waals surface area contributed by atoms with Crippen LogP contribution in [0.5, 0.6) is 0 Å². The molecule has 0 aromatic carbocycles. The Hall–Kier alpha value is -1.63. The summed E-state index contributed by atoms with van der Waals surface area (Å²) in [5, 5.41) is 10.3. The summed E-state index contributed by atoms with van der Waals surface area (Å²) in [6, 6.07) is 0. The first-order chi connectivity index (χ1) is 7.91. The van der Waals surface area contributed by atoms with Crippen LogP contribution < -0.4 is 4.87 Å². The Morgan fingerprint density at radius 1 is 1.53 bits per heavy atom. The molecule has 0 aliphatic carbocycles. The van der Waals surface area contributed by atoms with Crippen LogP contribution in [0.2, 0.25) is 0 Å². The van der Waals surface area contributed by atoms with Crippen molar-refractivity contribution in [2.45, 2.75) is 19.9 Å². The fourth-order valence-electron chi connectivity index (χ4n) is 1.36. The van der Waals surface area contributed by atoms with Crippen molar-refractivity contribution in [2.75, 3.05) is 13.6 Å². The Bertz CT molecular complexity index is 477. The first-order valence-electron chi connectivity index (χ1n) is 5.02. The zero-order valence-electron chi connectivity index (χ0n) is 9.67. The van der Waals surface area contributed by atoms with Gasteiger partial charge in [-0.1, -0.05) is 11.3 Å². The summed E-state index contributed by atoms with van der Waals surface area (Å²) in [5.74, 6) is -1.34. The fourth-order valence-corrected chi connectivity index (χ4v) is 2.13. The molecule has 7 heteroatoms. The van der Waals surface area contributed by atoms with E-state index in [2.05, 4.69) is 0 Å². The van der Waals surface area contributed by atoms with Gasteiger partial charge in [-0.05, 0) is 6.92 Å². The van der Waals surface area contributed by atoms with Crippen molar-refractivity contribution in [1.29, 1.82) is 0 Å². The van der Waals surface area contributed by atoms with Gasteiger partial charge in [-0.25, -0.2) is 0 Å². The van der Waals surface area contributed by atoms with Gasteiger partial charge in [0.25, 0.3) is 0 Å². The molecule has 1 N–H and O–H groups in total. The van der Waals surface area contributed by atoms with E-state index in [1.165, 1.54) is 11.6 Å². The van der Waals surface area contributed by atoms with Crippen LogP contribution in [0.4, 0.5) is 0 Å². The average Bonchev–Trinajstić information content (AvgIpc) is 2.54. The van der Waals surface area contributed by atoms with Gasteiger partial charge in [0, 0.05) is 31.1 Å². The smallest absolute Gasteiger partial charge is 0.323 e. The largest absolute Gasteiger partial charge is 0.480 e. The first-order valence-corrected chi connectivity index (χ1v) is 5.90. The number of hydrogen-bond donors (Lipinski definition) is 1. The number of carbonyl (C=O) groups is 2. The Morgan fingerprint density at radius 2 is 2.18 bits per heavy atom. The SMILES string of the molecule is Cc1csc(=O)n1CCC(=O)N(C)CC(=O)O. The van der Waals surface area contributed by atoms with E-state index >= 15 is 0 Å². The van der Waals surface area contributed by atoms with Crippen LogP contribution in [-0.2, 0) is 16.1 Å². The Morgan fingerprint density at radius 3 is 2.65 bits per heavy atom. The highest BCUT2D eigenvalue weighted by molar-refractivity contribution is 7.07. The molecule has 0 saturated carbocycles. The molecule has 0 bridgehead atoms. The minimum absolute atomic E-state index is 0.101. The second-order valence-electron chi connectivity index (χ2n) is 3.69. The molecule has 0 atom stereocenters. The number of rotatable bonds is 5. The van der Waals surface area contributed by atoms with E-state index < -0.39 is 5.97 Å². The molecule has 1 aromatic heterocycles. The number of aliphatic carboxylic acids is 1. The summed E-state index contributed by atoms with van der Waals surface area (Å²) in [6.45, 7) is 1.76. The Kier molecular flexibility index (Phi) is 4.45. The number of carboxylic acid groups (broad SMARTS) is 1. The Balaban J connectivity index is 2.54. The summed E-state index contributed by atoms with van der Waals surface area (Å²) in [6.07, 6.45) is 0.126. The maximum Gasteiger partial charge on any atom is 0.323 e. The van der Waals surface area contributed by atoms with E-state index in [1.54, 1.807) is 12.3 Å². The van der Waals surface area contributed by atoms with Crippen molar-refractivity contribution in [3.05, 3.63) is 20.7 Å². The number of aromatic nitrogens is 1. The van der Waals surface area contributed by atoms with Gasteiger partial charge in [0.1, 0.15) is 6.54 Å². The third-order valence-electron chi connectivity index (χ3n) is 2.32. The van der Waals surface area contributed by atoms with Crippen molar-refractivity contribution in [2.24, 2.45) is 0 Å². The van der Waals surface area contributed by atoms with Crippen molar-refractivity contribution >= 4 is 23.2 Å². The van der Waals surface area contributed by atoms with E-state index in [0.29, 0.717) is 0 Å². The maximum atomic E-state index is 11.5. The summed E-state index contributed by atoms with van der Waals surface area (Å²) in [4.78, 5) is 34.4. The lowest BCUT2D eigenvalue weighted by atomic mass is 10.3. The van der Waals surface area contributed by atoms with Gasteiger partial charge in [-0.2, -0.15) is 0 Å². The molecule has 0 fully saturated rings. The lowest BCUT2D eigenvalue weighted by Gasteiger charge is -2.14. The van der Waals surface area contributed by atoms with Crippen LogP contribution in [-0.4, -0.2) is 40.0 Å². The molecular formula is C10H14N2O4S. The molecule has 17 heavy (non-hydrogen) atoms. The van der Waals surface area contributed by atoms with Gasteiger partial charge in [-0.3, -0.25) is 14.4 Å². The number of likely N-dealkylation sites (N-methyl/N-ethyl adjacent to an activating group) is 1. The first kappa shape index (κ1) is 13.4. The molecule has 94 valence electrons. The van der Waals surface area contributed by atoms with Crippen LogP contribution in [0.1, 0.15) is 12.1 Å². The number of thiazole rings is 1. The van der Waals surface area contributed by atoms with Gasteiger partial charge < -0.3 is 14.6 Å². The number of aryl methyl sites for hydroxylation is 1. The van der Waals surface area contributed by atoms with E-state index in [4.69, 9.17) is 5.11 Å². The second kappa shape index (κ2) is 5.62. The van der Waals surface area contributed by atoms with Crippen molar-refractivity contribution in [3.63, 3.8) is 0 Å². The summed E-state index contributed by atoms with van der Waals surface area (Å²) < 4.78 is 1.51. The number of amides is 1. The minimum atomic E-state index is -1.05. The minimum Gasteiger partial charge on any atom is -0.480 e. The van der Waals surface area contributed by atoms with E-state index in [0.717, 1.165) is 21.9 Å². The summed E-state index contributed by atoms with van der Waals surface area (Å²) >= 11 is 1.09. The number of hydrogen-bond acceptors (Lipinski definition) is 4. The predicted octanol–water partition coefficient (Wildman–Crippen LogP) is 0.151. The van der Waals surface area contributed by atoms with Crippen LogP contribution in [0.15, 0.2) is 10.2 Å². The molecule has 1 rings (SSSR count). The van der Waals surface area contributed by atoms with Gasteiger partial charge in [0.05, 0.1) is 0 Å². The van der Waals surface area contributed by atoms with Gasteiger partial charge in [0.15, 0.2) is 0 Å². The Labute approximate surface area is 102 Å². The second-order valence-corrected chi connectivity index (χ2v) is 4.51. The molecule has 0 radical (unpaired) electrons. The fraction of sp³-hybridized carbons (Fsp3) is 0.500. The lowest BCUT2D eigenvalue weighted by Crippen LogP contribution is -2.33. The van der Waals surface area contributed by atoms with Crippen LogP contribution >= 0.6 is 11.3 Å². The van der Waals surface area contributed by atoms with Gasteiger partial charge in [0.2, 0.25) is 5.91 Å². The summed E-state index contributed by atoms with van der Waals surface area (Å²) in [5.41, 5.74) is 0.814. The highest BCUT2D eigenvalue weighted by Gasteiger charge is 2.13. The predicted molar refractivity (Wildman–Crippen MR) is 63.2 cm³/mol. The van der Waals surface area contributed by atoms with Crippen molar-refractivity contribution in [1.82, 2.24) is 9.47 Å². The van der Waals surface area contributed by atoms with Gasteiger partial charge >= 0.3 is 10.8 Å². The molecule has 6 nitrogen and oxygen atoms in total. The number of carbonyl (C=O) groups excluding carboxylic acids is 1. The van der Waals surface area contributed by atoms with E-state index in [-0.39, 0.29) is 30.3 Å². The van der Waals surface area contributed by atoms with Crippen LogP contribution in [0.3, 0.4) is 0 Å². The maximum absolute atomic E-state index is 11.5. The molecule has 1 heterocycles. The number of carboxylic acids is 1.